The second-order valence-electron chi connectivity index (χ2n) is 14.2. The van der Waals surface area contributed by atoms with E-state index in [1.54, 1.807) is 0 Å². The molecule has 196 valence electrons. The summed E-state index contributed by atoms with van der Waals surface area (Å²) in [7, 11) is 0. The van der Waals surface area contributed by atoms with E-state index >= 15 is 0 Å². The van der Waals surface area contributed by atoms with Gasteiger partial charge in [-0.3, -0.25) is 4.79 Å². The predicted octanol–water partition coefficient (Wildman–Crippen LogP) is 7.90. The first-order chi connectivity index (χ1) is 16.0. The first-order valence-corrected chi connectivity index (χ1v) is 14.9. The van der Waals surface area contributed by atoms with Crippen molar-refractivity contribution < 1.29 is 9.53 Å². The van der Waals surface area contributed by atoms with E-state index in [-0.39, 0.29) is 11.5 Å². The van der Waals surface area contributed by atoms with Gasteiger partial charge in [-0.2, -0.15) is 0 Å². The van der Waals surface area contributed by atoms with Gasteiger partial charge in [-0.05, 0) is 110 Å². The monoisotopic (exact) mass is 473 g/mol. The Morgan fingerprint density at radius 2 is 1.65 bits per heavy atom. The van der Waals surface area contributed by atoms with Crippen LogP contribution in [0.1, 0.15) is 131 Å². The smallest absolute Gasteiger partial charge is 0.305 e. The molecule has 4 rings (SSSR count). The van der Waals surface area contributed by atoms with Gasteiger partial charge in [0, 0.05) is 12.0 Å². The summed E-state index contributed by atoms with van der Waals surface area (Å²) in [4.78, 5) is 12.4. The zero-order valence-electron chi connectivity index (χ0n) is 23.4. The highest BCUT2D eigenvalue weighted by Crippen LogP contribution is 2.73. The summed E-state index contributed by atoms with van der Waals surface area (Å²) in [6.07, 6.45) is 17.0. The summed E-state index contributed by atoms with van der Waals surface area (Å²) >= 11 is 0. The minimum atomic E-state index is 0.0160. The maximum atomic E-state index is 12.4. The van der Waals surface area contributed by atoms with Gasteiger partial charge in [-0.25, -0.2) is 0 Å². The van der Waals surface area contributed by atoms with Crippen molar-refractivity contribution in [3.05, 3.63) is 0 Å². The molecule has 3 heteroatoms. The number of hydrogen-bond donors (Lipinski definition) is 1. The maximum absolute atomic E-state index is 12.4. The van der Waals surface area contributed by atoms with Crippen LogP contribution in [-0.4, -0.2) is 18.1 Å². The molecule has 9 atom stereocenters. The van der Waals surface area contributed by atoms with Crippen LogP contribution in [-0.2, 0) is 9.53 Å². The molecule has 0 spiro atoms. The molecule has 0 aromatic carbocycles. The van der Waals surface area contributed by atoms with Crippen LogP contribution in [0, 0.1) is 45.8 Å². The highest BCUT2D eigenvalue weighted by atomic mass is 16.5. The fraction of sp³-hybridized carbons (Fsp3) is 0.968. The number of rotatable bonds is 8. The zero-order chi connectivity index (χ0) is 24.8. The maximum Gasteiger partial charge on any atom is 0.305 e. The molecule has 2 N–H and O–H groups in total. The SMILES string of the molecule is CCC(C)CCOC(=O)CC[C@H](C)C1CC[C@@H]2[C@]1(C)CCC1[C@@]2(C)CC[C@]2(N)CCCC[C@]12C. The van der Waals surface area contributed by atoms with Crippen LogP contribution in [0.3, 0.4) is 0 Å². The first-order valence-electron chi connectivity index (χ1n) is 14.9. The molecule has 4 fully saturated rings. The molecule has 4 aliphatic carbocycles. The van der Waals surface area contributed by atoms with Crippen LogP contribution >= 0.6 is 0 Å². The molecule has 3 nitrogen and oxygen atoms in total. The molecule has 0 saturated heterocycles. The van der Waals surface area contributed by atoms with Crippen LogP contribution < -0.4 is 5.73 Å². The Morgan fingerprint density at radius 3 is 2.38 bits per heavy atom. The third kappa shape index (κ3) is 4.28. The van der Waals surface area contributed by atoms with E-state index < -0.39 is 0 Å². The number of fused-ring (bicyclic) bond motifs is 5. The minimum absolute atomic E-state index is 0.0160. The Hall–Kier alpha value is -0.570. The van der Waals surface area contributed by atoms with Crippen LogP contribution in [0.5, 0.6) is 0 Å². The Bertz CT molecular complexity index is 737. The van der Waals surface area contributed by atoms with Gasteiger partial charge in [0.25, 0.3) is 0 Å². The molecule has 0 amide bonds. The van der Waals surface area contributed by atoms with Crippen molar-refractivity contribution in [2.45, 2.75) is 137 Å². The van der Waals surface area contributed by atoms with Gasteiger partial charge >= 0.3 is 5.97 Å². The molecule has 0 aromatic heterocycles. The molecule has 0 aliphatic heterocycles. The van der Waals surface area contributed by atoms with Crippen LogP contribution in [0.25, 0.3) is 0 Å². The van der Waals surface area contributed by atoms with Crippen molar-refractivity contribution in [3.63, 3.8) is 0 Å². The first kappa shape index (κ1) is 26.5. The number of ether oxygens (including phenoxy) is 1. The molecule has 34 heavy (non-hydrogen) atoms. The lowest BCUT2D eigenvalue weighted by Crippen LogP contribution is -2.68. The quantitative estimate of drug-likeness (QED) is 0.364. The summed E-state index contributed by atoms with van der Waals surface area (Å²) in [6.45, 7) is 15.3. The van der Waals surface area contributed by atoms with E-state index in [9.17, 15) is 4.79 Å². The zero-order valence-corrected chi connectivity index (χ0v) is 23.4. The summed E-state index contributed by atoms with van der Waals surface area (Å²) < 4.78 is 5.57. The van der Waals surface area contributed by atoms with Gasteiger partial charge < -0.3 is 10.5 Å². The molecule has 0 heterocycles. The van der Waals surface area contributed by atoms with E-state index in [2.05, 4.69) is 41.5 Å². The number of carbonyl (C=O) groups excluding carboxylic acids is 1. The summed E-state index contributed by atoms with van der Waals surface area (Å²) in [5.41, 5.74) is 8.45. The third-order valence-electron chi connectivity index (χ3n) is 12.6. The fourth-order valence-corrected chi connectivity index (χ4v) is 10.2. The Kier molecular flexibility index (Phi) is 7.57. The lowest BCUT2D eigenvalue weighted by atomic mass is 9.37. The van der Waals surface area contributed by atoms with Gasteiger partial charge in [-0.15, -0.1) is 0 Å². The summed E-state index contributed by atoms with van der Waals surface area (Å²) in [5, 5.41) is 0. The second kappa shape index (κ2) is 9.71. The Morgan fingerprint density at radius 1 is 0.912 bits per heavy atom. The molecular weight excluding hydrogens is 418 g/mol. The van der Waals surface area contributed by atoms with Gasteiger partial charge in [0.1, 0.15) is 0 Å². The normalized spacial score (nSPS) is 45.6. The molecule has 0 radical (unpaired) electrons. The molecular formula is C31H55NO2. The fourth-order valence-electron chi connectivity index (χ4n) is 10.2. The molecule has 0 aromatic rings. The van der Waals surface area contributed by atoms with Crippen LogP contribution in [0.4, 0.5) is 0 Å². The van der Waals surface area contributed by atoms with Crippen molar-refractivity contribution in [1.29, 1.82) is 0 Å². The van der Waals surface area contributed by atoms with Crippen molar-refractivity contribution in [2.24, 2.45) is 51.6 Å². The minimum Gasteiger partial charge on any atom is -0.466 e. The van der Waals surface area contributed by atoms with E-state index in [0.717, 1.165) is 37.0 Å². The average Bonchev–Trinajstić information content (AvgIpc) is 3.16. The largest absolute Gasteiger partial charge is 0.466 e. The highest BCUT2D eigenvalue weighted by Gasteiger charge is 2.67. The van der Waals surface area contributed by atoms with E-state index in [4.69, 9.17) is 10.5 Å². The van der Waals surface area contributed by atoms with Crippen molar-refractivity contribution >= 4 is 5.97 Å². The number of nitrogens with two attached hydrogens (primary N) is 1. The predicted molar refractivity (Wildman–Crippen MR) is 141 cm³/mol. The van der Waals surface area contributed by atoms with E-state index in [1.807, 2.05) is 0 Å². The van der Waals surface area contributed by atoms with Gasteiger partial charge in [0.05, 0.1) is 6.61 Å². The summed E-state index contributed by atoms with van der Waals surface area (Å²) in [5.74, 6) is 3.59. The van der Waals surface area contributed by atoms with Crippen molar-refractivity contribution in [2.75, 3.05) is 6.61 Å². The van der Waals surface area contributed by atoms with Gasteiger partial charge in [0.15, 0.2) is 0 Å². The average molecular weight is 474 g/mol. The van der Waals surface area contributed by atoms with Crippen molar-refractivity contribution in [3.8, 4) is 0 Å². The lowest BCUT2D eigenvalue weighted by molar-refractivity contribution is -0.175. The Balaban J connectivity index is 1.40. The molecule has 4 saturated carbocycles. The topological polar surface area (TPSA) is 52.3 Å². The molecule has 0 bridgehead atoms. The third-order valence-corrected chi connectivity index (χ3v) is 12.6. The number of esters is 1. The Labute approximate surface area is 210 Å². The summed E-state index contributed by atoms with van der Waals surface area (Å²) in [6, 6.07) is 0. The van der Waals surface area contributed by atoms with Gasteiger partial charge in [0.2, 0.25) is 0 Å². The number of carbonyl (C=O) groups is 1. The van der Waals surface area contributed by atoms with Crippen molar-refractivity contribution in [1.82, 2.24) is 0 Å². The number of hydrogen-bond acceptors (Lipinski definition) is 3. The standard InChI is InChI=1S/C31H55NO2/c1-7-22(2)15-21-34-27(33)13-10-23(3)24-11-12-25-28(24,4)18-14-26-29(25,5)19-20-31(32)17-9-8-16-30(26,31)6/h22-26H,7-21,32H2,1-6H3/t22?,23-,24?,25+,26?,28+,29-,30+,31+/m0/s1. The molecule has 3 unspecified atom stereocenters. The van der Waals surface area contributed by atoms with Gasteiger partial charge in [-0.1, -0.05) is 60.8 Å². The lowest BCUT2D eigenvalue weighted by Gasteiger charge is -2.68. The van der Waals surface area contributed by atoms with Crippen LogP contribution in [0.2, 0.25) is 0 Å². The second-order valence-corrected chi connectivity index (χ2v) is 14.2. The van der Waals surface area contributed by atoms with Crippen LogP contribution in [0.15, 0.2) is 0 Å². The highest BCUT2D eigenvalue weighted by molar-refractivity contribution is 5.69. The van der Waals surface area contributed by atoms with E-state index in [1.165, 1.54) is 64.2 Å². The molecule has 4 aliphatic rings. The van der Waals surface area contributed by atoms with E-state index in [0.29, 0.717) is 41.1 Å².